The molecule has 1 saturated heterocycles. The van der Waals surface area contributed by atoms with Crippen LogP contribution in [0.2, 0.25) is 0 Å². The van der Waals surface area contributed by atoms with Crippen LogP contribution in [0.4, 0.5) is 4.79 Å². The van der Waals surface area contributed by atoms with Gasteiger partial charge in [0.2, 0.25) is 5.91 Å². The van der Waals surface area contributed by atoms with Gasteiger partial charge in [0, 0.05) is 6.54 Å². The van der Waals surface area contributed by atoms with E-state index in [1.165, 1.54) is 18.4 Å². The molecule has 94 valence electrons. The molecule has 2 amide bonds. The summed E-state index contributed by atoms with van der Waals surface area (Å²) in [5.74, 6) is -0.160. The summed E-state index contributed by atoms with van der Waals surface area (Å²) in [5, 5.41) is 5.27. The minimum Gasteiger partial charge on any atom is -0.447 e. The number of amides is 2. The molecule has 1 unspecified atom stereocenters. The second-order valence-electron chi connectivity index (χ2n) is 4.44. The van der Waals surface area contributed by atoms with E-state index in [2.05, 4.69) is 21.4 Å². The smallest absolute Gasteiger partial charge is 0.407 e. The summed E-state index contributed by atoms with van der Waals surface area (Å²) in [4.78, 5) is 22.4. The molecule has 1 heterocycles. The van der Waals surface area contributed by atoms with E-state index in [4.69, 9.17) is 0 Å². The summed E-state index contributed by atoms with van der Waals surface area (Å²) in [6, 6.07) is -0.525. The number of alkyl carbamates (subject to hydrolysis) is 1. The first-order valence-corrected chi connectivity index (χ1v) is 6.14. The van der Waals surface area contributed by atoms with E-state index in [0.29, 0.717) is 6.54 Å². The van der Waals surface area contributed by atoms with Gasteiger partial charge < -0.3 is 15.4 Å². The SMILES string of the molecule is O=C1NC(C(=O)NCCC2=CCCCC2)CO1. The minimum atomic E-state index is -0.525. The molecular formula is C12H18N2O3. The van der Waals surface area contributed by atoms with Crippen LogP contribution in [0.1, 0.15) is 32.1 Å². The summed E-state index contributed by atoms with van der Waals surface area (Å²) in [6.07, 6.45) is 7.52. The molecule has 0 aromatic heterocycles. The average Bonchev–Trinajstić information content (AvgIpc) is 2.77. The summed E-state index contributed by atoms with van der Waals surface area (Å²) in [5.41, 5.74) is 1.43. The Bertz CT molecular complexity index is 339. The molecular weight excluding hydrogens is 220 g/mol. The van der Waals surface area contributed by atoms with Gasteiger partial charge in [0.05, 0.1) is 0 Å². The molecule has 2 aliphatic rings. The molecule has 17 heavy (non-hydrogen) atoms. The zero-order chi connectivity index (χ0) is 12.1. The maximum Gasteiger partial charge on any atom is 0.407 e. The van der Waals surface area contributed by atoms with Gasteiger partial charge in [-0.15, -0.1) is 0 Å². The second-order valence-corrected chi connectivity index (χ2v) is 4.44. The quantitative estimate of drug-likeness (QED) is 0.721. The normalized spacial score (nSPS) is 23.6. The number of nitrogens with one attached hydrogen (secondary N) is 2. The van der Waals surface area contributed by atoms with E-state index >= 15 is 0 Å². The maximum atomic E-state index is 11.6. The third-order valence-electron chi connectivity index (χ3n) is 3.12. The van der Waals surface area contributed by atoms with Gasteiger partial charge in [-0.05, 0) is 32.1 Å². The molecule has 2 N–H and O–H groups in total. The van der Waals surface area contributed by atoms with Crippen LogP contribution in [-0.4, -0.2) is 31.2 Å². The fourth-order valence-electron chi connectivity index (χ4n) is 2.13. The van der Waals surface area contributed by atoms with Crippen LogP contribution in [0.5, 0.6) is 0 Å². The van der Waals surface area contributed by atoms with Gasteiger partial charge in [-0.3, -0.25) is 4.79 Å². The third kappa shape index (κ3) is 3.47. The minimum absolute atomic E-state index is 0.132. The van der Waals surface area contributed by atoms with Gasteiger partial charge in [-0.2, -0.15) is 0 Å². The van der Waals surface area contributed by atoms with Gasteiger partial charge >= 0.3 is 6.09 Å². The molecule has 1 atom stereocenters. The number of ether oxygens (including phenoxy) is 1. The van der Waals surface area contributed by atoms with E-state index in [0.717, 1.165) is 19.3 Å². The fourth-order valence-corrected chi connectivity index (χ4v) is 2.13. The summed E-state index contributed by atoms with van der Waals surface area (Å²) in [6.45, 7) is 0.768. The zero-order valence-electron chi connectivity index (χ0n) is 9.83. The lowest BCUT2D eigenvalue weighted by Crippen LogP contribution is -2.43. The number of allylic oxidation sites excluding steroid dienone is 1. The van der Waals surface area contributed by atoms with Crippen LogP contribution in [0.3, 0.4) is 0 Å². The predicted octanol–water partition coefficient (Wildman–Crippen LogP) is 1.10. The molecule has 0 aromatic carbocycles. The van der Waals surface area contributed by atoms with E-state index < -0.39 is 12.1 Å². The topological polar surface area (TPSA) is 67.4 Å². The Labute approximate surface area is 101 Å². The lowest BCUT2D eigenvalue weighted by atomic mass is 9.97. The highest BCUT2D eigenvalue weighted by molar-refractivity contribution is 5.87. The van der Waals surface area contributed by atoms with E-state index in [-0.39, 0.29) is 12.5 Å². The molecule has 2 rings (SSSR count). The standard InChI is InChI=1S/C12H18N2O3/c15-11(10-8-17-12(16)14-10)13-7-6-9-4-2-1-3-5-9/h4,10H,1-3,5-8H2,(H,13,15)(H,14,16). The van der Waals surface area contributed by atoms with Crippen LogP contribution in [0.15, 0.2) is 11.6 Å². The predicted molar refractivity (Wildman–Crippen MR) is 62.4 cm³/mol. The summed E-state index contributed by atoms with van der Waals surface area (Å²) < 4.78 is 4.66. The molecule has 0 saturated carbocycles. The monoisotopic (exact) mass is 238 g/mol. The first-order chi connectivity index (χ1) is 8.25. The van der Waals surface area contributed by atoms with Crippen LogP contribution in [0, 0.1) is 0 Å². The molecule has 0 spiro atoms. The van der Waals surface area contributed by atoms with Crippen molar-refractivity contribution in [3.63, 3.8) is 0 Å². The zero-order valence-corrected chi connectivity index (χ0v) is 9.83. The van der Waals surface area contributed by atoms with Crippen molar-refractivity contribution in [1.82, 2.24) is 10.6 Å². The Kier molecular flexibility index (Phi) is 4.01. The van der Waals surface area contributed by atoms with Crippen molar-refractivity contribution in [3.8, 4) is 0 Å². The number of rotatable bonds is 4. The lowest BCUT2D eigenvalue weighted by Gasteiger charge is -2.13. The highest BCUT2D eigenvalue weighted by Crippen LogP contribution is 2.19. The number of carbonyl (C=O) groups is 2. The van der Waals surface area contributed by atoms with Gasteiger partial charge in [0.15, 0.2) is 0 Å². The number of hydrogen-bond donors (Lipinski definition) is 2. The first-order valence-electron chi connectivity index (χ1n) is 6.14. The Morgan fingerprint density at radius 2 is 2.41 bits per heavy atom. The Morgan fingerprint density at radius 1 is 1.53 bits per heavy atom. The van der Waals surface area contributed by atoms with Crippen LogP contribution >= 0.6 is 0 Å². The Morgan fingerprint density at radius 3 is 3.06 bits per heavy atom. The molecule has 0 aromatic rings. The number of cyclic esters (lactones) is 1. The molecule has 1 aliphatic carbocycles. The van der Waals surface area contributed by atoms with E-state index in [9.17, 15) is 9.59 Å². The van der Waals surface area contributed by atoms with E-state index in [1.54, 1.807) is 0 Å². The van der Waals surface area contributed by atoms with Crippen LogP contribution in [-0.2, 0) is 9.53 Å². The fraction of sp³-hybridized carbons (Fsp3) is 0.667. The van der Waals surface area contributed by atoms with Crippen molar-refractivity contribution in [1.29, 1.82) is 0 Å². The number of carbonyl (C=O) groups excluding carboxylic acids is 2. The summed E-state index contributed by atoms with van der Waals surface area (Å²) in [7, 11) is 0. The van der Waals surface area contributed by atoms with E-state index in [1.807, 2.05) is 0 Å². The highest BCUT2D eigenvalue weighted by atomic mass is 16.6. The Hall–Kier alpha value is -1.52. The molecule has 1 fully saturated rings. The molecule has 5 nitrogen and oxygen atoms in total. The van der Waals surface area contributed by atoms with Gasteiger partial charge in [0.25, 0.3) is 0 Å². The maximum absolute atomic E-state index is 11.6. The largest absolute Gasteiger partial charge is 0.447 e. The number of hydrogen-bond acceptors (Lipinski definition) is 3. The third-order valence-corrected chi connectivity index (χ3v) is 3.12. The molecule has 5 heteroatoms. The first kappa shape index (κ1) is 12.0. The average molecular weight is 238 g/mol. The highest BCUT2D eigenvalue weighted by Gasteiger charge is 2.28. The van der Waals surface area contributed by atoms with Gasteiger partial charge in [-0.1, -0.05) is 11.6 Å². The van der Waals surface area contributed by atoms with Crippen molar-refractivity contribution in [2.75, 3.05) is 13.2 Å². The Balaban J connectivity index is 1.66. The van der Waals surface area contributed by atoms with Gasteiger partial charge in [0.1, 0.15) is 12.6 Å². The molecule has 0 bridgehead atoms. The summed E-state index contributed by atoms with van der Waals surface area (Å²) >= 11 is 0. The lowest BCUT2D eigenvalue weighted by molar-refractivity contribution is -0.122. The van der Waals surface area contributed by atoms with Crippen molar-refractivity contribution in [3.05, 3.63) is 11.6 Å². The van der Waals surface area contributed by atoms with Crippen molar-refractivity contribution < 1.29 is 14.3 Å². The van der Waals surface area contributed by atoms with Gasteiger partial charge in [-0.25, -0.2) is 4.79 Å². The van der Waals surface area contributed by atoms with Crippen molar-refractivity contribution in [2.45, 2.75) is 38.1 Å². The van der Waals surface area contributed by atoms with Crippen LogP contribution < -0.4 is 10.6 Å². The second kappa shape index (κ2) is 5.70. The molecule has 1 aliphatic heterocycles. The van der Waals surface area contributed by atoms with Crippen LogP contribution in [0.25, 0.3) is 0 Å². The van der Waals surface area contributed by atoms with Crippen molar-refractivity contribution >= 4 is 12.0 Å². The molecule has 0 radical (unpaired) electrons. The van der Waals surface area contributed by atoms with Crippen molar-refractivity contribution in [2.24, 2.45) is 0 Å².